The van der Waals surface area contributed by atoms with Crippen LogP contribution in [0.4, 0.5) is 0 Å². The third-order valence-electron chi connectivity index (χ3n) is 5.73. The van der Waals surface area contributed by atoms with Crippen molar-refractivity contribution < 1.29 is 9.26 Å². The second kappa shape index (κ2) is 12.3. The van der Waals surface area contributed by atoms with Crippen LogP contribution in [0.2, 0.25) is 0 Å². The minimum Gasteiger partial charge on any atom is -0.352 e. The molecule has 0 saturated carbocycles. The fourth-order valence-corrected chi connectivity index (χ4v) is 6.77. The first-order valence-corrected chi connectivity index (χ1v) is 13.1. The van der Waals surface area contributed by atoms with Crippen LogP contribution < -0.4 is 11.2 Å². The summed E-state index contributed by atoms with van der Waals surface area (Å²) in [5, 5.41) is 3.93. The molecule has 1 aliphatic heterocycles. The average Bonchev–Trinajstić information content (AvgIpc) is 3.10. The lowest BCUT2D eigenvalue weighted by molar-refractivity contribution is -0.0240. The van der Waals surface area contributed by atoms with E-state index in [0.29, 0.717) is 12.0 Å². The zero-order valence-corrected chi connectivity index (χ0v) is 22.7. The van der Waals surface area contributed by atoms with Crippen LogP contribution in [0.25, 0.3) is 10.4 Å². The number of aromatic nitrogens is 2. The first-order chi connectivity index (χ1) is 15.9. The maximum Gasteiger partial charge on any atom is 0.330 e. The molecule has 3 atom stereocenters. The summed E-state index contributed by atoms with van der Waals surface area (Å²) in [5.41, 5.74) is 8.53. The number of H-pyrrole nitrogens is 1. The SMILES string of the molecule is Cc1cn([C@H]2C[C@@H](N=[N+]=[N-])[C@@H](COP(N(C(C)C)C(C)C)N(C(C)C)C(C)C)O2)c(=O)[nH]c1=O. The van der Waals surface area contributed by atoms with Gasteiger partial charge in [-0.2, -0.15) is 0 Å². The van der Waals surface area contributed by atoms with Crippen LogP contribution in [0.15, 0.2) is 20.9 Å². The third kappa shape index (κ3) is 6.68. The quantitative estimate of drug-likeness (QED) is 0.210. The van der Waals surface area contributed by atoms with E-state index in [2.05, 4.69) is 79.7 Å². The van der Waals surface area contributed by atoms with Crippen LogP contribution in [0.5, 0.6) is 0 Å². The van der Waals surface area contributed by atoms with Gasteiger partial charge in [0.05, 0.1) is 18.8 Å². The molecule has 11 nitrogen and oxygen atoms in total. The van der Waals surface area contributed by atoms with Gasteiger partial charge in [-0.25, -0.2) is 14.1 Å². The van der Waals surface area contributed by atoms with Crippen LogP contribution >= 0.6 is 8.45 Å². The molecule has 1 N–H and O–H groups in total. The highest BCUT2D eigenvalue weighted by atomic mass is 31.2. The maximum atomic E-state index is 12.4. The van der Waals surface area contributed by atoms with Crippen molar-refractivity contribution in [2.24, 2.45) is 5.11 Å². The topological polar surface area (TPSA) is 129 Å². The van der Waals surface area contributed by atoms with E-state index in [9.17, 15) is 9.59 Å². The van der Waals surface area contributed by atoms with E-state index in [4.69, 9.17) is 14.8 Å². The number of rotatable bonds is 11. The molecule has 1 saturated heterocycles. The highest BCUT2D eigenvalue weighted by Gasteiger charge is 2.40. The zero-order chi connectivity index (χ0) is 25.7. The lowest BCUT2D eigenvalue weighted by Crippen LogP contribution is -2.44. The fraction of sp³-hybridized carbons (Fsp3) is 0.818. The zero-order valence-electron chi connectivity index (χ0n) is 21.8. The Bertz CT molecular complexity index is 935. The summed E-state index contributed by atoms with van der Waals surface area (Å²) < 4.78 is 18.9. The van der Waals surface area contributed by atoms with Gasteiger partial charge in [-0.1, -0.05) is 5.11 Å². The Morgan fingerprint density at radius 3 is 2.15 bits per heavy atom. The number of ether oxygens (including phenoxy) is 1. The summed E-state index contributed by atoms with van der Waals surface area (Å²) in [7, 11) is -1.14. The first-order valence-electron chi connectivity index (χ1n) is 11.9. The fourth-order valence-electron chi connectivity index (χ4n) is 4.40. The third-order valence-corrected chi connectivity index (χ3v) is 8.74. The van der Waals surface area contributed by atoms with Gasteiger partial charge < -0.3 is 9.26 Å². The van der Waals surface area contributed by atoms with Gasteiger partial charge in [0.25, 0.3) is 5.56 Å². The molecule has 34 heavy (non-hydrogen) atoms. The van der Waals surface area contributed by atoms with Crippen molar-refractivity contribution in [3.05, 3.63) is 43.0 Å². The van der Waals surface area contributed by atoms with Crippen molar-refractivity contribution in [3.8, 4) is 0 Å². The van der Waals surface area contributed by atoms with E-state index >= 15 is 0 Å². The number of nitrogens with one attached hydrogen (secondary N) is 1. The molecule has 0 bridgehead atoms. The minimum absolute atomic E-state index is 0.217. The molecule has 192 valence electrons. The Morgan fingerprint density at radius 2 is 1.68 bits per heavy atom. The lowest BCUT2D eigenvalue weighted by atomic mass is 10.1. The molecule has 12 heteroatoms. The van der Waals surface area contributed by atoms with Crippen molar-refractivity contribution in [2.45, 2.75) is 111 Å². The average molecular weight is 498 g/mol. The Labute approximate surface area is 203 Å². The Balaban J connectivity index is 2.33. The smallest absolute Gasteiger partial charge is 0.330 e. The van der Waals surface area contributed by atoms with Crippen LogP contribution in [0.3, 0.4) is 0 Å². The highest BCUT2D eigenvalue weighted by Crippen LogP contribution is 2.51. The van der Waals surface area contributed by atoms with Gasteiger partial charge in [0.1, 0.15) is 6.23 Å². The van der Waals surface area contributed by atoms with E-state index in [1.54, 1.807) is 6.92 Å². The number of aromatic amines is 1. The Kier molecular flexibility index (Phi) is 10.3. The molecule has 2 heterocycles. The van der Waals surface area contributed by atoms with E-state index in [-0.39, 0.29) is 30.8 Å². The van der Waals surface area contributed by atoms with Gasteiger partial charge >= 0.3 is 5.69 Å². The molecule has 0 unspecified atom stereocenters. The second-order valence-electron chi connectivity index (χ2n) is 9.80. The molecular formula is C22H40N7O4P. The monoisotopic (exact) mass is 497 g/mol. The van der Waals surface area contributed by atoms with Crippen LogP contribution in [0.1, 0.15) is 73.6 Å². The Hall–Kier alpha value is -1.74. The van der Waals surface area contributed by atoms with E-state index in [1.165, 1.54) is 10.8 Å². The molecule has 0 aromatic carbocycles. The number of aryl methyl sites for hydroxylation is 1. The predicted octanol–water partition coefficient (Wildman–Crippen LogP) is 4.29. The van der Waals surface area contributed by atoms with Crippen molar-refractivity contribution in [1.29, 1.82) is 0 Å². The number of azide groups is 1. The van der Waals surface area contributed by atoms with Gasteiger partial charge in [0.15, 0.2) is 8.45 Å². The molecule has 1 aliphatic rings. The van der Waals surface area contributed by atoms with Crippen LogP contribution in [0, 0.1) is 6.92 Å². The summed E-state index contributed by atoms with van der Waals surface area (Å²) in [6, 6.07) is 0.556. The van der Waals surface area contributed by atoms with Crippen LogP contribution in [-0.4, -0.2) is 61.8 Å². The molecule has 2 rings (SSSR count). The second-order valence-corrected chi connectivity index (χ2v) is 11.5. The normalized spacial score (nSPS) is 21.1. The van der Waals surface area contributed by atoms with Crippen molar-refractivity contribution in [2.75, 3.05) is 6.61 Å². The van der Waals surface area contributed by atoms with Crippen molar-refractivity contribution >= 4 is 8.45 Å². The van der Waals surface area contributed by atoms with Gasteiger partial charge in [-0.3, -0.25) is 14.3 Å². The number of hydrogen-bond donors (Lipinski definition) is 1. The lowest BCUT2D eigenvalue weighted by Gasteiger charge is -2.46. The molecule has 0 radical (unpaired) electrons. The molecule has 1 aromatic rings. The summed E-state index contributed by atoms with van der Waals surface area (Å²) in [4.78, 5) is 29.4. The van der Waals surface area contributed by atoms with Crippen molar-refractivity contribution in [1.82, 2.24) is 18.9 Å². The number of hydrogen-bond acceptors (Lipinski definition) is 7. The summed E-state index contributed by atoms with van der Waals surface area (Å²) in [6.45, 7) is 19.1. The van der Waals surface area contributed by atoms with E-state index in [1.807, 2.05) is 0 Å². The Morgan fingerprint density at radius 1 is 1.15 bits per heavy atom. The van der Waals surface area contributed by atoms with E-state index < -0.39 is 38.1 Å². The molecule has 0 amide bonds. The maximum absolute atomic E-state index is 12.4. The standard InChI is InChI=1S/C22H40N7O4P/c1-13(2)28(14(3)4)34(29(15(5)6)16(7)8)32-12-19-18(25-26-23)10-20(33-19)27-11-17(9)21(30)24-22(27)31/h11,13-16,18-20H,10,12H2,1-9H3,(H,24,30,31)/t18-,19-,20-/m1/s1. The molecule has 0 spiro atoms. The predicted molar refractivity (Wildman–Crippen MR) is 135 cm³/mol. The van der Waals surface area contributed by atoms with Crippen LogP contribution in [-0.2, 0) is 9.26 Å². The highest BCUT2D eigenvalue weighted by molar-refractivity contribution is 7.47. The van der Waals surface area contributed by atoms with Gasteiger partial charge in [0, 0.05) is 47.3 Å². The van der Waals surface area contributed by atoms with Gasteiger partial charge in [-0.05, 0) is 67.8 Å². The number of nitrogens with zero attached hydrogens (tertiary/aromatic N) is 6. The molecule has 0 aliphatic carbocycles. The first kappa shape index (κ1) is 28.5. The molecule has 1 fully saturated rings. The molecule has 1 aromatic heterocycles. The van der Waals surface area contributed by atoms with Gasteiger partial charge in [-0.15, -0.1) is 0 Å². The minimum atomic E-state index is -1.14. The largest absolute Gasteiger partial charge is 0.352 e. The summed E-state index contributed by atoms with van der Waals surface area (Å²) in [6.07, 6.45) is 0.619. The van der Waals surface area contributed by atoms with Crippen molar-refractivity contribution in [3.63, 3.8) is 0 Å². The van der Waals surface area contributed by atoms with E-state index in [0.717, 1.165) is 0 Å². The summed E-state index contributed by atoms with van der Waals surface area (Å²) >= 11 is 0. The summed E-state index contributed by atoms with van der Waals surface area (Å²) in [5.74, 6) is 0. The van der Waals surface area contributed by atoms with Gasteiger partial charge in [0.2, 0.25) is 0 Å². The molecular weight excluding hydrogens is 457 g/mol.